The summed E-state index contributed by atoms with van der Waals surface area (Å²) in [6, 6.07) is 19.5. The van der Waals surface area contributed by atoms with Crippen molar-refractivity contribution in [3.05, 3.63) is 78.1 Å². The molecule has 0 bridgehead atoms. The fourth-order valence-electron chi connectivity index (χ4n) is 2.83. The maximum atomic E-state index is 14.1. The highest BCUT2D eigenvalue weighted by atomic mass is 19.1. The number of fused-ring (bicyclic) bond motifs is 1. The van der Waals surface area contributed by atoms with E-state index in [1.165, 1.54) is 6.07 Å². The normalized spacial score (nSPS) is 12.2. The van der Waals surface area contributed by atoms with Gasteiger partial charge < -0.3 is 11.1 Å². The van der Waals surface area contributed by atoms with Gasteiger partial charge >= 0.3 is 0 Å². The number of anilines is 1. The molecule has 0 aliphatic rings. The zero-order valence-corrected chi connectivity index (χ0v) is 13.9. The number of hydrogen-bond acceptors (Lipinski definition) is 5. The van der Waals surface area contributed by atoms with Crippen LogP contribution < -0.4 is 11.1 Å². The van der Waals surface area contributed by atoms with Crippen molar-refractivity contribution >= 4 is 11.5 Å². The number of benzene rings is 2. The zero-order chi connectivity index (χ0) is 17.9. The summed E-state index contributed by atoms with van der Waals surface area (Å²) >= 11 is 0. The van der Waals surface area contributed by atoms with Gasteiger partial charge in [-0.2, -0.15) is 4.52 Å². The van der Waals surface area contributed by atoms with Gasteiger partial charge in [0.1, 0.15) is 11.6 Å². The minimum absolute atomic E-state index is 0.231. The van der Waals surface area contributed by atoms with Crippen LogP contribution in [0.3, 0.4) is 0 Å². The molecule has 0 aliphatic heterocycles. The molecule has 0 saturated heterocycles. The smallest absolute Gasteiger partial charge is 0.185 e. The van der Waals surface area contributed by atoms with Gasteiger partial charge in [0, 0.05) is 17.7 Å². The van der Waals surface area contributed by atoms with Gasteiger partial charge in [0.25, 0.3) is 0 Å². The van der Waals surface area contributed by atoms with E-state index in [0.29, 0.717) is 22.9 Å². The molecule has 7 heteroatoms. The first-order valence-electron chi connectivity index (χ1n) is 8.25. The molecule has 0 aliphatic carbocycles. The van der Waals surface area contributed by atoms with Crippen molar-refractivity contribution in [3.63, 3.8) is 0 Å². The van der Waals surface area contributed by atoms with Crippen LogP contribution in [0.1, 0.15) is 11.6 Å². The monoisotopic (exact) mass is 348 g/mol. The lowest BCUT2D eigenvalue weighted by molar-refractivity contribution is 0.592. The van der Waals surface area contributed by atoms with E-state index in [4.69, 9.17) is 5.73 Å². The quantitative estimate of drug-likeness (QED) is 0.579. The summed E-state index contributed by atoms with van der Waals surface area (Å²) < 4.78 is 15.7. The molecular weight excluding hydrogens is 331 g/mol. The van der Waals surface area contributed by atoms with Crippen LogP contribution in [0.15, 0.2) is 66.7 Å². The predicted octanol–water partition coefficient (Wildman–Crippen LogP) is 3.04. The van der Waals surface area contributed by atoms with Gasteiger partial charge in [0.05, 0.1) is 6.04 Å². The number of hydrogen-bond donors (Lipinski definition) is 2. The zero-order valence-electron chi connectivity index (χ0n) is 13.9. The van der Waals surface area contributed by atoms with Crippen molar-refractivity contribution in [1.82, 2.24) is 19.8 Å². The fourth-order valence-corrected chi connectivity index (χ4v) is 2.83. The molecule has 2 aromatic carbocycles. The first-order valence-corrected chi connectivity index (χ1v) is 8.25. The van der Waals surface area contributed by atoms with Crippen LogP contribution in [-0.4, -0.2) is 26.4 Å². The molecule has 26 heavy (non-hydrogen) atoms. The standard InChI is InChI=1S/C19H17FN6/c20-15-9-5-4-8-14(15)16(12-21)22-17-10-11-18-23-24-19(26(18)25-17)13-6-2-1-3-7-13/h1-11,16H,12,21H2,(H,22,25). The van der Waals surface area contributed by atoms with Crippen LogP contribution in [0.5, 0.6) is 0 Å². The van der Waals surface area contributed by atoms with Crippen LogP contribution in [0.2, 0.25) is 0 Å². The van der Waals surface area contributed by atoms with E-state index in [1.54, 1.807) is 28.8 Å². The molecule has 4 rings (SSSR count). The Kier molecular flexibility index (Phi) is 4.28. The van der Waals surface area contributed by atoms with E-state index in [0.717, 1.165) is 5.56 Å². The molecule has 2 heterocycles. The highest BCUT2D eigenvalue weighted by molar-refractivity contribution is 5.59. The van der Waals surface area contributed by atoms with E-state index < -0.39 is 6.04 Å². The van der Waals surface area contributed by atoms with Crippen LogP contribution in [0.25, 0.3) is 17.0 Å². The van der Waals surface area contributed by atoms with Crippen molar-refractivity contribution in [2.45, 2.75) is 6.04 Å². The summed E-state index contributed by atoms with van der Waals surface area (Å²) in [7, 11) is 0. The average Bonchev–Trinajstić information content (AvgIpc) is 3.11. The number of nitrogens with zero attached hydrogens (tertiary/aromatic N) is 4. The van der Waals surface area contributed by atoms with Crippen molar-refractivity contribution < 1.29 is 4.39 Å². The van der Waals surface area contributed by atoms with Crippen molar-refractivity contribution in [1.29, 1.82) is 0 Å². The minimum Gasteiger partial charge on any atom is -0.360 e. The third-order valence-corrected chi connectivity index (χ3v) is 4.13. The van der Waals surface area contributed by atoms with Gasteiger partial charge in [0.15, 0.2) is 11.5 Å². The van der Waals surface area contributed by atoms with Gasteiger partial charge in [-0.25, -0.2) is 4.39 Å². The number of nitrogens with one attached hydrogen (secondary N) is 1. The van der Waals surface area contributed by atoms with Crippen molar-refractivity contribution in [2.24, 2.45) is 5.73 Å². The van der Waals surface area contributed by atoms with Crippen molar-refractivity contribution in [3.8, 4) is 11.4 Å². The Morgan fingerprint density at radius 2 is 1.73 bits per heavy atom. The van der Waals surface area contributed by atoms with Gasteiger partial charge in [0.2, 0.25) is 0 Å². The second kappa shape index (κ2) is 6.89. The average molecular weight is 348 g/mol. The maximum absolute atomic E-state index is 14.1. The lowest BCUT2D eigenvalue weighted by Crippen LogP contribution is -2.22. The Hall–Kier alpha value is -3.32. The van der Waals surface area contributed by atoms with Crippen molar-refractivity contribution in [2.75, 3.05) is 11.9 Å². The SMILES string of the molecule is NCC(Nc1ccc2nnc(-c3ccccc3)n2n1)c1ccccc1F. The molecule has 0 saturated carbocycles. The van der Waals surface area contributed by atoms with Gasteiger partial charge in [-0.05, 0) is 18.2 Å². The largest absolute Gasteiger partial charge is 0.360 e. The number of rotatable bonds is 5. The predicted molar refractivity (Wildman–Crippen MR) is 98.0 cm³/mol. The molecule has 0 radical (unpaired) electrons. The molecule has 1 unspecified atom stereocenters. The van der Waals surface area contributed by atoms with E-state index in [9.17, 15) is 4.39 Å². The molecule has 130 valence electrons. The molecule has 2 aromatic heterocycles. The molecule has 0 spiro atoms. The Morgan fingerprint density at radius 1 is 0.962 bits per heavy atom. The fraction of sp³-hybridized carbons (Fsp3) is 0.105. The maximum Gasteiger partial charge on any atom is 0.185 e. The molecule has 0 fully saturated rings. The summed E-state index contributed by atoms with van der Waals surface area (Å²) in [6.07, 6.45) is 0. The van der Waals surface area contributed by atoms with Gasteiger partial charge in [-0.1, -0.05) is 48.5 Å². The molecule has 3 N–H and O–H groups in total. The topological polar surface area (TPSA) is 81.1 Å². The third-order valence-electron chi connectivity index (χ3n) is 4.13. The highest BCUT2D eigenvalue weighted by Crippen LogP contribution is 2.22. The Balaban J connectivity index is 1.70. The van der Waals surface area contributed by atoms with Crippen LogP contribution >= 0.6 is 0 Å². The number of nitrogens with two attached hydrogens (primary N) is 1. The summed E-state index contributed by atoms with van der Waals surface area (Å²) in [5.74, 6) is 0.901. The second-order valence-corrected chi connectivity index (χ2v) is 5.83. The van der Waals surface area contributed by atoms with E-state index >= 15 is 0 Å². The second-order valence-electron chi connectivity index (χ2n) is 5.83. The minimum atomic E-state index is -0.391. The molecule has 6 nitrogen and oxygen atoms in total. The first kappa shape index (κ1) is 16.2. The van der Waals surface area contributed by atoms with E-state index in [1.807, 2.05) is 36.4 Å². The number of aromatic nitrogens is 4. The Labute approximate surface area is 149 Å². The van der Waals surface area contributed by atoms with Gasteiger partial charge in [-0.3, -0.25) is 0 Å². The summed E-state index contributed by atoms with van der Waals surface area (Å²) in [5, 5.41) is 16.1. The van der Waals surface area contributed by atoms with Crippen LogP contribution in [0, 0.1) is 5.82 Å². The molecule has 0 amide bonds. The van der Waals surface area contributed by atoms with Crippen LogP contribution in [-0.2, 0) is 0 Å². The first-order chi connectivity index (χ1) is 12.8. The molecule has 1 atom stereocenters. The molecule has 4 aromatic rings. The van der Waals surface area contributed by atoms with E-state index in [-0.39, 0.29) is 12.4 Å². The lowest BCUT2D eigenvalue weighted by Gasteiger charge is -2.18. The third kappa shape index (κ3) is 3.00. The highest BCUT2D eigenvalue weighted by Gasteiger charge is 2.15. The summed E-state index contributed by atoms with van der Waals surface area (Å²) in [5.41, 5.74) is 7.89. The molecular formula is C19H17FN6. The Morgan fingerprint density at radius 3 is 2.50 bits per heavy atom. The summed E-state index contributed by atoms with van der Waals surface area (Å²) in [6.45, 7) is 0.231. The summed E-state index contributed by atoms with van der Waals surface area (Å²) in [4.78, 5) is 0. The van der Waals surface area contributed by atoms with E-state index in [2.05, 4.69) is 20.6 Å². The van der Waals surface area contributed by atoms with Gasteiger partial charge in [-0.15, -0.1) is 15.3 Å². The number of halogens is 1. The van der Waals surface area contributed by atoms with Crippen LogP contribution in [0.4, 0.5) is 10.2 Å². The lowest BCUT2D eigenvalue weighted by atomic mass is 10.1. The Bertz CT molecular complexity index is 1030.